The summed E-state index contributed by atoms with van der Waals surface area (Å²) in [7, 11) is 0. The van der Waals surface area contributed by atoms with E-state index in [-0.39, 0.29) is 11.8 Å². The monoisotopic (exact) mass is 364 g/mol. The molecule has 7 nitrogen and oxygen atoms in total. The van der Waals surface area contributed by atoms with Crippen LogP contribution in [0.4, 0.5) is 11.5 Å². The third kappa shape index (κ3) is 4.38. The van der Waals surface area contributed by atoms with Crippen molar-refractivity contribution in [1.82, 2.24) is 4.98 Å². The molecule has 0 aliphatic heterocycles. The van der Waals surface area contributed by atoms with Crippen LogP contribution in [-0.2, 0) is 0 Å². The second kappa shape index (κ2) is 8.27. The van der Waals surface area contributed by atoms with E-state index in [2.05, 4.69) is 22.4 Å². The van der Waals surface area contributed by atoms with Crippen LogP contribution < -0.4 is 10.2 Å². The summed E-state index contributed by atoms with van der Waals surface area (Å²) in [6, 6.07) is 14.9. The van der Waals surface area contributed by atoms with Crippen LogP contribution in [0, 0.1) is 10.1 Å². The van der Waals surface area contributed by atoms with Gasteiger partial charge < -0.3 is 4.74 Å². The fourth-order valence-corrected chi connectivity index (χ4v) is 2.53. The predicted molar refractivity (Wildman–Crippen MR) is 106 cm³/mol. The van der Waals surface area contributed by atoms with Gasteiger partial charge in [0.1, 0.15) is 17.8 Å². The first-order valence-corrected chi connectivity index (χ1v) is 8.66. The molecule has 0 spiro atoms. The van der Waals surface area contributed by atoms with Gasteiger partial charge in [-0.3, -0.25) is 15.5 Å². The van der Waals surface area contributed by atoms with Crippen LogP contribution in [-0.4, -0.2) is 22.2 Å². The van der Waals surface area contributed by atoms with Crippen molar-refractivity contribution in [3.05, 3.63) is 70.4 Å². The molecule has 0 saturated heterocycles. The van der Waals surface area contributed by atoms with Gasteiger partial charge in [0.05, 0.1) is 17.2 Å². The zero-order valence-corrected chi connectivity index (χ0v) is 15.1. The summed E-state index contributed by atoms with van der Waals surface area (Å²) in [5, 5.41) is 17.0. The highest BCUT2D eigenvalue weighted by Gasteiger charge is 2.10. The molecule has 0 fully saturated rings. The second-order valence-electron chi connectivity index (χ2n) is 6.06. The number of hydrazone groups is 1. The Hall–Kier alpha value is -3.48. The Kier molecular flexibility index (Phi) is 5.61. The summed E-state index contributed by atoms with van der Waals surface area (Å²) in [4.78, 5) is 14.2. The number of nitrogens with one attached hydrogen (secondary N) is 1. The lowest BCUT2D eigenvalue weighted by Crippen LogP contribution is -2.11. The number of rotatable bonds is 7. The molecule has 1 N–H and O–H groups in total. The van der Waals surface area contributed by atoms with E-state index in [4.69, 9.17) is 4.74 Å². The maximum Gasteiger partial charge on any atom is 0.287 e. The molecule has 0 saturated carbocycles. The van der Waals surface area contributed by atoms with Crippen molar-refractivity contribution in [3.63, 3.8) is 0 Å². The number of fused-ring (bicyclic) bond motifs is 1. The summed E-state index contributed by atoms with van der Waals surface area (Å²) in [6.45, 7) is 4.09. The van der Waals surface area contributed by atoms with Crippen LogP contribution in [0.25, 0.3) is 10.8 Å². The first-order chi connectivity index (χ1) is 13.1. The SMILES string of the molecule is CC[C@@H](C)Oc1ccc2ccccc2c1/C=N/Nc1ccc([N+](=O)[O-])cn1. The summed E-state index contributed by atoms with van der Waals surface area (Å²) < 4.78 is 6.04. The Morgan fingerprint density at radius 2 is 2.07 bits per heavy atom. The summed E-state index contributed by atoms with van der Waals surface area (Å²) >= 11 is 0. The van der Waals surface area contributed by atoms with Crippen molar-refractivity contribution in [2.45, 2.75) is 26.4 Å². The molecule has 0 unspecified atom stereocenters. The lowest BCUT2D eigenvalue weighted by atomic mass is 10.0. The molecule has 1 atom stereocenters. The number of aromatic nitrogens is 1. The quantitative estimate of drug-likeness (QED) is 0.371. The van der Waals surface area contributed by atoms with E-state index in [0.717, 1.165) is 28.5 Å². The van der Waals surface area contributed by atoms with Crippen molar-refractivity contribution in [3.8, 4) is 5.75 Å². The average Bonchev–Trinajstić information content (AvgIpc) is 2.69. The lowest BCUT2D eigenvalue weighted by Gasteiger charge is -2.16. The van der Waals surface area contributed by atoms with Gasteiger partial charge >= 0.3 is 0 Å². The van der Waals surface area contributed by atoms with E-state index in [9.17, 15) is 10.1 Å². The highest BCUT2D eigenvalue weighted by atomic mass is 16.6. The van der Waals surface area contributed by atoms with Gasteiger partial charge in [-0.2, -0.15) is 5.10 Å². The van der Waals surface area contributed by atoms with Crippen molar-refractivity contribution >= 4 is 28.5 Å². The molecule has 1 heterocycles. The summed E-state index contributed by atoms with van der Waals surface area (Å²) in [5.74, 6) is 1.17. The summed E-state index contributed by atoms with van der Waals surface area (Å²) in [6.07, 6.45) is 3.85. The largest absolute Gasteiger partial charge is 0.490 e. The van der Waals surface area contributed by atoms with Crippen molar-refractivity contribution in [2.24, 2.45) is 5.10 Å². The van der Waals surface area contributed by atoms with E-state index in [1.807, 2.05) is 43.3 Å². The van der Waals surface area contributed by atoms with Crippen LogP contribution in [0.3, 0.4) is 0 Å². The Morgan fingerprint density at radius 3 is 2.78 bits per heavy atom. The zero-order chi connectivity index (χ0) is 19.2. The standard InChI is InChI=1S/C20H20N4O3/c1-3-14(2)27-19-10-8-15-6-4-5-7-17(15)18(19)13-22-23-20-11-9-16(12-21-20)24(25)26/h4-14H,3H2,1-2H3,(H,21,23)/b22-13+/t14-/m1/s1. The van der Waals surface area contributed by atoms with Crippen molar-refractivity contribution in [2.75, 3.05) is 5.43 Å². The van der Waals surface area contributed by atoms with Gasteiger partial charge in [0.25, 0.3) is 5.69 Å². The fourth-order valence-electron chi connectivity index (χ4n) is 2.53. The van der Waals surface area contributed by atoms with Crippen LogP contribution in [0.15, 0.2) is 59.8 Å². The molecule has 27 heavy (non-hydrogen) atoms. The minimum Gasteiger partial charge on any atom is -0.490 e. The van der Waals surface area contributed by atoms with Crippen molar-refractivity contribution < 1.29 is 9.66 Å². The van der Waals surface area contributed by atoms with E-state index in [0.29, 0.717) is 5.82 Å². The van der Waals surface area contributed by atoms with Crippen LogP contribution >= 0.6 is 0 Å². The third-order valence-electron chi connectivity index (χ3n) is 4.17. The normalized spacial score (nSPS) is 12.2. The van der Waals surface area contributed by atoms with Crippen molar-refractivity contribution in [1.29, 1.82) is 0 Å². The van der Waals surface area contributed by atoms with E-state index < -0.39 is 4.92 Å². The van der Waals surface area contributed by atoms with E-state index in [1.54, 1.807) is 6.21 Å². The predicted octanol–water partition coefficient (Wildman–Crippen LogP) is 4.77. The number of nitro groups is 1. The maximum absolute atomic E-state index is 10.7. The Morgan fingerprint density at radius 1 is 1.26 bits per heavy atom. The number of anilines is 1. The number of hydrogen-bond acceptors (Lipinski definition) is 6. The molecule has 0 aliphatic carbocycles. The third-order valence-corrected chi connectivity index (χ3v) is 4.17. The van der Waals surface area contributed by atoms with Gasteiger partial charge in [-0.1, -0.05) is 37.3 Å². The van der Waals surface area contributed by atoms with Gasteiger partial charge in [-0.05, 0) is 36.2 Å². The number of hydrogen-bond donors (Lipinski definition) is 1. The molecule has 7 heteroatoms. The van der Waals surface area contributed by atoms with Crippen LogP contribution in [0.5, 0.6) is 5.75 Å². The second-order valence-corrected chi connectivity index (χ2v) is 6.06. The summed E-state index contributed by atoms with van der Waals surface area (Å²) in [5.41, 5.74) is 3.60. The topological polar surface area (TPSA) is 89.6 Å². The zero-order valence-electron chi connectivity index (χ0n) is 15.1. The van der Waals surface area contributed by atoms with Crippen LogP contribution in [0.2, 0.25) is 0 Å². The number of ether oxygens (including phenoxy) is 1. The number of pyridine rings is 1. The molecule has 0 radical (unpaired) electrons. The Bertz CT molecular complexity index is 971. The number of nitrogens with zero attached hydrogens (tertiary/aromatic N) is 3. The minimum absolute atomic E-state index is 0.0668. The maximum atomic E-state index is 10.7. The van der Waals surface area contributed by atoms with Gasteiger partial charge in [0, 0.05) is 11.6 Å². The van der Waals surface area contributed by atoms with Gasteiger partial charge in [0.2, 0.25) is 0 Å². The first kappa shape index (κ1) is 18.3. The van der Waals surface area contributed by atoms with E-state index >= 15 is 0 Å². The Labute approximate surface area is 156 Å². The molecule has 0 amide bonds. The molecule has 2 aromatic carbocycles. The lowest BCUT2D eigenvalue weighted by molar-refractivity contribution is -0.385. The first-order valence-electron chi connectivity index (χ1n) is 8.66. The average molecular weight is 364 g/mol. The fraction of sp³-hybridized carbons (Fsp3) is 0.200. The molecule has 3 aromatic rings. The Balaban J connectivity index is 1.88. The molecular formula is C20H20N4O3. The number of benzene rings is 2. The molecule has 0 aliphatic rings. The van der Waals surface area contributed by atoms with Gasteiger partial charge in [0.15, 0.2) is 0 Å². The molecule has 0 bridgehead atoms. The smallest absolute Gasteiger partial charge is 0.287 e. The highest BCUT2D eigenvalue weighted by Crippen LogP contribution is 2.28. The molecule has 1 aromatic heterocycles. The van der Waals surface area contributed by atoms with E-state index in [1.165, 1.54) is 18.3 Å². The molecule has 138 valence electrons. The van der Waals surface area contributed by atoms with Crippen LogP contribution in [0.1, 0.15) is 25.8 Å². The van der Waals surface area contributed by atoms with Gasteiger partial charge in [-0.15, -0.1) is 0 Å². The molecular weight excluding hydrogens is 344 g/mol. The van der Waals surface area contributed by atoms with Gasteiger partial charge in [-0.25, -0.2) is 4.98 Å². The minimum atomic E-state index is -0.491. The molecule has 3 rings (SSSR count). The highest BCUT2D eigenvalue weighted by molar-refractivity contribution is 6.02.